The zero-order valence-corrected chi connectivity index (χ0v) is 11.4. The third-order valence-corrected chi connectivity index (χ3v) is 3.18. The lowest BCUT2D eigenvalue weighted by molar-refractivity contribution is 0.566. The highest BCUT2D eigenvalue weighted by molar-refractivity contribution is 5.47. The molecule has 0 aliphatic rings. The maximum atomic E-state index is 6.23. The molecule has 1 aromatic rings. The summed E-state index contributed by atoms with van der Waals surface area (Å²) in [4.78, 5) is 2.12. The first kappa shape index (κ1) is 14.0. The fourth-order valence-corrected chi connectivity index (χ4v) is 1.99. The summed E-state index contributed by atoms with van der Waals surface area (Å²) in [6, 6.07) is 8.73. The van der Waals surface area contributed by atoms with Crippen molar-refractivity contribution in [3.8, 4) is 0 Å². The number of hydrogen-bond acceptors (Lipinski definition) is 2. The fraction of sp³-hybridized carbons (Fsp3) is 0.600. The zero-order chi connectivity index (χ0) is 12.7. The van der Waals surface area contributed by atoms with Crippen LogP contribution in [0.5, 0.6) is 0 Å². The molecule has 1 rings (SSSR count). The highest BCUT2D eigenvalue weighted by atomic mass is 15.1. The van der Waals surface area contributed by atoms with E-state index in [1.165, 1.54) is 36.9 Å². The number of benzene rings is 1. The molecule has 0 amide bonds. The van der Waals surface area contributed by atoms with Crippen molar-refractivity contribution in [3.05, 3.63) is 29.8 Å². The summed E-state index contributed by atoms with van der Waals surface area (Å²) >= 11 is 0. The second-order valence-corrected chi connectivity index (χ2v) is 4.95. The molecule has 0 aliphatic heterocycles. The van der Waals surface area contributed by atoms with Crippen LogP contribution in [0.15, 0.2) is 24.3 Å². The van der Waals surface area contributed by atoms with Gasteiger partial charge in [0.05, 0.1) is 0 Å². The Hall–Kier alpha value is -1.02. The molecule has 0 bridgehead atoms. The van der Waals surface area contributed by atoms with Gasteiger partial charge in [-0.1, -0.05) is 44.7 Å². The normalized spacial score (nSPS) is 12.5. The quantitative estimate of drug-likeness (QED) is 0.728. The molecular formula is C15H26N2. The summed E-state index contributed by atoms with van der Waals surface area (Å²) in [5, 5.41) is 0. The molecule has 0 saturated heterocycles. The van der Waals surface area contributed by atoms with Gasteiger partial charge < -0.3 is 10.6 Å². The Balaban J connectivity index is 2.50. The third-order valence-electron chi connectivity index (χ3n) is 3.18. The highest BCUT2D eigenvalue weighted by Gasteiger charge is 2.06. The minimum atomic E-state index is 0.187. The van der Waals surface area contributed by atoms with Crippen LogP contribution in [0.4, 0.5) is 5.69 Å². The Bertz CT molecular complexity index is 320. The van der Waals surface area contributed by atoms with Gasteiger partial charge in [0.2, 0.25) is 0 Å². The van der Waals surface area contributed by atoms with E-state index in [1.807, 2.05) is 0 Å². The molecule has 17 heavy (non-hydrogen) atoms. The lowest BCUT2D eigenvalue weighted by atomic mass is 10.0. The van der Waals surface area contributed by atoms with Gasteiger partial charge in [0.1, 0.15) is 0 Å². The van der Waals surface area contributed by atoms with Crippen LogP contribution in [0.25, 0.3) is 0 Å². The SMILES string of the molecule is CCCCCCC(N)c1cccc(N(C)C)c1. The first-order chi connectivity index (χ1) is 8.15. The van der Waals surface area contributed by atoms with Crippen LogP contribution in [0, 0.1) is 0 Å². The predicted octanol–water partition coefficient (Wildman–Crippen LogP) is 3.72. The summed E-state index contributed by atoms with van der Waals surface area (Å²) in [5.74, 6) is 0. The molecule has 2 N–H and O–H groups in total. The Morgan fingerprint density at radius 1 is 1.18 bits per heavy atom. The molecule has 1 atom stereocenters. The van der Waals surface area contributed by atoms with Gasteiger partial charge in [-0.05, 0) is 24.1 Å². The lowest BCUT2D eigenvalue weighted by Gasteiger charge is -2.17. The van der Waals surface area contributed by atoms with Gasteiger partial charge >= 0.3 is 0 Å². The summed E-state index contributed by atoms with van der Waals surface area (Å²) in [6.45, 7) is 2.24. The van der Waals surface area contributed by atoms with Gasteiger partial charge in [-0.25, -0.2) is 0 Å². The van der Waals surface area contributed by atoms with E-state index in [0.29, 0.717) is 0 Å². The van der Waals surface area contributed by atoms with Crippen molar-refractivity contribution in [2.45, 2.75) is 45.1 Å². The molecule has 0 aromatic heterocycles. The molecule has 0 radical (unpaired) electrons. The molecule has 0 fully saturated rings. The number of rotatable bonds is 7. The van der Waals surface area contributed by atoms with Gasteiger partial charge in [0.25, 0.3) is 0 Å². The summed E-state index contributed by atoms with van der Waals surface area (Å²) in [7, 11) is 4.12. The van der Waals surface area contributed by atoms with E-state index >= 15 is 0 Å². The molecule has 96 valence electrons. The third kappa shape index (κ3) is 4.78. The van der Waals surface area contributed by atoms with E-state index < -0.39 is 0 Å². The summed E-state index contributed by atoms with van der Waals surface area (Å²) in [6.07, 6.45) is 6.24. The number of hydrogen-bond donors (Lipinski definition) is 1. The monoisotopic (exact) mass is 234 g/mol. The molecule has 2 nitrogen and oxygen atoms in total. The molecule has 1 aromatic carbocycles. The summed E-state index contributed by atoms with van der Waals surface area (Å²) in [5.41, 5.74) is 8.71. The maximum absolute atomic E-state index is 6.23. The summed E-state index contributed by atoms with van der Waals surface area (Å²) < 4.78 is 0. The zero-order valence-electron chi connectivity index (χ0n) is 11.4. The molecular weight excluding hydrogens is 208 g/mol. The lowest BCUT2D eigenvalue weighted by Crippen LogP contribution is -2.13. The number of nitrogens with two attached hydrogens (primary N) is 1. The van der Waals surface area contributed by atoms with Crippen LogP contribution in [0.3, 0.4) is 0 Å². The fourth-order valence-electron chi connectivity index (χ4n) is 1.99. The van der Waals surface area contributed by atoms with Gasteiger partial charge in [0, 0.05) is 25.8 Å². The van der Waals surface area contributed by atoms with Crippen molar-refractivity contribution < 1.29 is 0 Å². The van der Waals surface area contributed by atoms with E-state index in [0.717, 1.165) is 6.42 Å². The maximum Gasteiger partial charge on any atom is 0.0364 e. The molecule has 0 spiro atoms. The minimum absolute atomic E-state index is 0.187. The second kappa shape index (κ2) is 7.33. The smallest absolute Gasteiger partial charge is 0.0364 e. The van der Waals surface area contributed by atoms with Crippen LogP contribution >= 0.6 is 0 Å². The van der Waals surface area contributed by atoms with E-state index in [4.69, 9.17) is 5.73 Å². The number of nitrogens with zero attached hydrogens (tertiary/aromatic N) is 1. The molecule has 0 saturated carbocycles. The van der Waals surface area contributed by atoms with Crippen molar-refractivity contribution >= 4 is 5.69 Å². The standard InChI is InChI=1S/C15H26N2/c1-4-5-6-7-11-15(16)13-9-8-10-14(12-13)17(2)3/h8-10,12,15H,4-7,11,16H2,1-3H3. The van der Waals surface area contributed by atoms with Crippen LogP contribution in [-0.2, 0) is 0 Å². The first-order valence-electron chi connectivity index (χ1n) is 6.68. The van der Waals surface area contributed by atoms with Gasteiger partial charge in [0.15, 0.2) is 0 Å². The molecule has 0 heterocycles. The van der Waals surface area contributed by atoms with Crippen molar-refractivity contribution in [2.75, 3.05) is 19.0 Å². The largest absolute Gasteiger partial charge is 0.378 e. The minimum Gasteiger partial charge on any atom is -0.378 e. The number of unbranched alkanes of at least 4 members (excludes halogenated alkanes) is 3. The molecule has 1 unspecified atom stereocenters. The van der Waals surface area contributed by atoms with Crippen molar-refractivity contribution in [3.63, 3.8) is 0 Å². The van der Waals surface area contributed by atoms with Gasteiger partial charge in [-0.15, -0.1) is 0 Å². The number of anilines is 1. The van der Waals surface area contributed by atoms with E-state index in [9.17, 15) is 0 Å². The Kier molecular flexibility index (Phi) is 6.06. The van der Waals surface area contributed by atoms with Gasteiger partial charge in [-0.3, -0.25) is 0 Å². The molecule has 0 aliphatic carbocycles. The van der Waals surface area contributed by atoms with Crippen LogP contribution in [0.2, 0.25) is 0 Å². The topological polar surface area (TPSA) is 29.3 Å². The van der Waals surface area contributed by atoms with E-state index in [1.54, 1.807) is 0 Å². The molecule has 2 heteroatoms. The van der Waals surface area contributed by atoms with Crippen molar-refractivity contribution in [1.82, 2.24) is 0 Å². The van der Waals surface area contributed by atoms with Crippen LogP contribution in [-0.4, -0.2) is 14.1 Å². The van der Waals surface area contributed by atoms with Crippen molar-refractivity contribution in [1.29, 1.82) is 0 Å². The van der Waals surface area contributed by atoms with Gasteiger partial charge in [-0.2, -0.15) is 0 Å². The Morgan fingerprint density at radius 3 is 2.59 bits per heavy atom. The average molecular weight is 234 g/mol. The predicted molar refractivity (Wildman–Crippen MR) is 76.5 cm³/mol. The Labute approximate surface area is 106 Å². The average Bonchev–Trinajstić information content (AvgIpc) is 2.34. The Morgan fingerprint density at radius 2 is 1.94 bits per heavy atom. The van der Waals surface area contributed by atoms with Crippen LogP contribution < -0.4 is 10.6 Å². The first-order valence-corrected chi connectivity index (χ1v) is 6.68. The highest BCUT2D eigenvalue weighted by Crippen LogP contribution is 2.21. The van der Waals surface area contributed by atoms with E-state index in [-0.39, 0.29) is 6.04 Å². The second-order valence-electron chi connectivity index (χ2n) is 4.95. The van der Waals surface area contributed by atoms with Crippen LogP contribution in [0.1, 0.15) is 50.6 Å². The van der Waals surface area contributed by atoms with Crippen molar-refractivity contribution in [2.24, 2.45) is 5.73 Å². The van der Waals surface area contributed by atoms with E-state index in [2.05, 4.69) is 50.2 Å².